The molecule has 0 bridgehead atoms. The first-order valence-electron chi connectivity index (χ1n) is 9.67. The van der Waals surface area contributed by atoms with Crippen molar-refractivity contribution in [3.8, 4) is 5.75 Å². The van der Waals surface area contributed by atoms with Gasteiger partial charge in [-0.25, -0.2) is 0 Å². The SMILES string of the molecule is COc1ccc(CC(=O)N(CCc2ccccc2)C(C)C(=O)NC(C)C)cc1. The molecular formula is C23H30N2O3. The van der Waals surface area contributed by atoms with Gasteiger partial charge in [0.25, 0.3) is 0 Å². The van der Waals surface area contributed by atoms with Crippen molar-refractivity contribution >= 4 is 11.8 Å². The third-order valence-electron chi connectivity index (χ3n) is 4.60. The van der Waals surface area contributed by atoms with E-state index in [1.807, 2.05) is 68.4 Å². The maximum absolute atomic E-state index is 13.0. The van der Waals surface area contributed by atoms with Crippen LogP contribution < -0.4 is 10.1 Å². The Kier molecular flexibility index (Phi) is 8.05. The first-order chi connectivity index (χ1) is 13.4. The number of carbonyl (C=O) groups is 2. The zero-order valence-electron chi connectivity index (χ0n) is 17.1. The normalized spacial score (nSPS) is 11.8. The van der Waals surface area contributed by atoms with Crippen molar-refractivity contribution in [3.63, 3.8) is 0 Å². The second-order valence-corrected chi connectivity index (χ2v) is 7.19. The predicted molar refractivity (Wildman–Crippen MR) is 111 cm³/mol. The lowest BCUT2D eigenvalue weighted by Gasteiger charge is -2.29. The summed E-state index contributed by atoms with van der Waals surface area (Å²) >= 11 is 0. The van der Waals surface area contributed by atoms with Crippen LogP contribution in [0.3, 0.4) is 0 Å². The predicted octanol–water partition coefficient (Wildman–Crippen LogP) is 3.22. The van der Waals surface area contributed by atoms with Gasteiger partial charge < -0.3 is 15.0 Å². The molecule has 0 fully saturated rings. The van der Waals surface area contributed by atoms with Crippen molar-refractivity contribution in [2.75, 3.05) is 13.7 Å². The van der Waals surface area contributed by atoms with Crippen LogP contribution in [-0.4, -0.2) is 42.5 Å². The third-order valence-corrected chi connectivity index (χ3v) is 4.60. The van der Waals surface area contributed by atoms with Gasteiger partial charge in [0, 0.05) is 12.6 Å². The summed E-state index contributed by atoms with van der Waals surface area (Å²) in [6.45, 7) is 6.11. The van der Waals surface area contributed by atoms with Gasteiger partial charge >= 0.3 is 0 Å². The fourth-order valence-electron chi connectivity index (χ4n) is 2.99. The van der Waals surface area contributed by atoms with Gasteiger partial charge in [-0.3, -0.25) is 9.59 Å². The molecule has 2 rings (SSSR count). The van der Waals surface area contributed by atoms with Gasteiger partial charge in [0.1, 0.15) is 11.8 Å². The molecule has 5 heteroatoms. The van der Waals surface area contributed by atoms with E-state index in [1.54, 1.807) is 18.9 Å². The molecule has 0 aliphatic heterocycles. The number of nitrogens with zero attached hydrogens (tertiary/aromatic N) is 1. The summed E-state index contributed by atoms with van der Waals surface area (Å²) in [6.07, 6.45) is 0.951. The molecule has 2 amide bonds. The molecule has 2 aromatic rings. The van der Waals surface area contributed by atoms with Gasteiger partial charge in [0.15, 0.2) is 0 Å². The van der Waals surface area contributed by atoms with Crippen LogP contribution in [0.1, 0.15) is 31.9 Å². The minimum absolute atomic E-state index is 0.0302. The maximum atomic E-state index is 13.0. The van der Waals surface area contributed by atoms with E-state index < -0.39 is 6.04 Å². The van der Waals surface area contributed by atoms with Crippen LogP contribution in [-0.2, 0) is 22.4 Å². The summed E-state index contributed by atoms with van der Waals surface area (Å²) in [6, 6.07) is 16.9. The minimum Gasteiger partial charge on any atom is -0.497 e. The lowest BCUT2D eigenvalue weighted by molar-refractivity contribution is -0.139. The van der Waals surface area contributed by atoms with E-state index in [1.165, 1.54) is 0 Å². The fraction of sp³-hybridized carbons (Fsp3) is 0.391. The Balaban J connectivity index is 2.12. The molecule has 150 valence electrons. The number of rotatable bonds is 9. The van der Waals surface area contributed by atoms with E-state index >= 15 is 0 Å². The van der Waals surface area contributed by atoms with E-state index in [0.29, 0.717) is 13.0 Å². The quantitative estimate of drug-likeness (QED) is 0.724. The first-order valence-corrected chi connectivity index (χ1v) is 9.67. The number of hydrogen-bond acceptors (Lipinski definition) is 3. The molecule has 0 aliphatic rings. The Hall–Kier alpha value is -2.82. The molecule has 2 aromatic carbocycles. The van der Waals surface area contributed by atoms with Gasteiger partial charge in [-0.05, 0) is 50.5 Å². The molecule has 1 unspecified atom stereocenters. The smallest absolute Gasteiger partial charge is 0.242 e. The van der Waals surface area contributed by atoms with Crippen molar-refractivity contribution < 1.29 is 14.3 Å². The van der Waals surface area contributed by atoms with Gasteiger partial charge in [-0.2, -0.15) is 0 Å². The highest BCUT2D eigenvalue weighted by molar-refractivity contribution is 5.88. The highest BCUT2D eigenvalue weighted by Crippen LogP contribution is 2.14. The summed E-state index contributed by atoms with van der Waals surface area (Å²) in [5.41, 5.74) is 2.04. The van der Waals surface area contributed by atoms with Crippen LogP contribution in [0.25, 0.3) is 0 Å². The Labute approximate surface area is 167 Å². The van der Waals surface area contributed by atoms with Crippen LogP contribution in [0.5, 0.6) is 5.75 Å². The van der Waals surface area contributed by atoms with E-state index in [9.17, 15) is 9.59 Å². The molecule has 0 saturated carbocycles. The summed E-state index contributed by atoms with van der Waals surface area (Å²) in [5.74, 6) is 0.556. The zero-order chi connectivity index (χ0) is 20.5. The van der Waals surface area contributed by atoms with Gasteiger partial charge in [0.2, 0.25) is 11.8 Å². The standard InChI is InChI=1S/C23H30N2O3/c1-17(2)24-23(27)18(3)25(15-14-19-8-6-5-7-9-19)22(26)16-20-10-12-21(28-4)13-11-20/h5-13,17-18H,14-16H2,1-4H3,(H,24,27). The number of ether oxygens (including phenoxy) is 1. The molecule has 0 aromatic heterocycles. The average molecular weight is 383 g/mol. The van der Waals surface area contributed by atoms with Crippen LogP contribution in [0.4, 0.5) is 0 Å². The molecule has 5 nitrogen and oxygen atoms in total. The number of amides is 2. The lowest BCUT2D eigenvalue weighted by atomic mass is 10.1. The van der Waals surface area contributed by atoms with Crippen molar-refractivity contribution in [1.82, 2.24) is 10.2 Å². The van der Waals surface area contributed by atoms with Crippen LogP contribution in [0.15, 0.2) is 54.6 Å². The van der Waals surface area contributed by atoms with Crippen molar-refractivity contribution in [2.45, 2.75) is 45.7 Å². The van der Waals surface area contributed by atoms with Crippen LogP contribution in [0, 0.1) is 0 Å². The molecule has 0 aliphatic carbocycles. The molecule has 0 heterocycles. The van der Waals surface area contributed by atoms with Crippen LogP contribution in [0.2, 0.25) is 0 Å². The van der Waals surface area contributed by atoms with E-state index in [0.717, 1.165) is 16.9 Å². The minimum atomic E-state index is -0.531. The number of carbonyl (C=O) groups excluding carboxylic acids is 2. The Bertz CT molecular complexity index is 757. The van der Waals surface area contributed by atoms with Crippen LogP contribution >= 0.6 is 0 Å². The lowest BCUT2D eigenvalue weighted by Crippen LogP contribution is -2.50. The topological polar surface area (TPSA) is 58.6 Å². The number of hydrogen-bond donors (Lipinski definition) is 1. The maximum Gasteiger partial charge on any atom is 0.242 e. The molecule has 0 spiro atoms. The van der Waals surface area contributed by atoms with Crippen molar-refractivity contribution in [2.24, 2.45) is 0 Å². The second-order valence-electron chi connectivity index (χ2n) is 7.19. The Morgan fingerprint density at radius 1 is 0.964 bits per heavy atom. The number of benzene rings is 2. The second kappa shape index (κ2) is 10.5. The summed E-state index contributed by atoms with van der Waals surface area (Å²) in [7, 11) is 1.61. The first kappa shape index (κ1) is 21.5. The summed E-state index contributed by atoms with van der Waals surface area (Å²) in [4.78, 5) is 27.2. The molecule has 28 heavy (non-hydrogen) atoms. The average Bonchev–Trinajstić information content (AvgIpc) is 2.68. The van der Waals surface area contributed by atoms with E-state index in [4.69, 9.17) is 4.74 Å². The fourth-order valence-corrected chi connectivity index (χ4v) is 2.99. The van der Waals surface area contributed by atoms with Gasteiger partial charge in [-0.15, -0.1) is 0 Å². The summed E-state index contributed by atoms with van der Waals surface area (Å²) in [5, 5.41) is 2.91. The van der Waals surface area contributed by atoms with Crippen molar-refractivity contribution in [3.05, 3.63) is 65.7 Å². The Morgan fingerprint density at radius 3 is 2.18 bits per heavy atom. The third kappa shape index (κ3) is 6.41. The van der Waals surface area contributed by atoms with Gasteiger partial charge in [-0.1, -0.05) is 42.5 Å². The highest BCUT2D eigenvalue weighted by Gasteiger charge is 2.26. The molecule has 1 N–H and O–H groups in total. The zero-order valence-corrected chi connectivity index (χ0v) is 17.1. The highest BCUT2D eigenvalue weighted by atomic mass is 16.5. The molecule has 0 radical (unpaired) electrons. The van der Waals surface area contributed by atoms with E-state index in [2.05, 4.69) is 5.32 Å². The summed E-state index contributed by atoms with van der Waals surface area (Å²) < 4.78 is 5.17. The molecule has 0 saturated heterocycles. The largest absolute Gasteiger partial charge is 0.497 e. The van der Waals surface area contributed by atoms with Crippen molar-refractivity contribution in [1.29, 1.82) is 0 Å². The monoisotopic (exact) mass is 382 g/mol. The molecule has 1 atom stereocenters. The number of methoxy groups -OCH3 is 1. The molecular weight excluding hydrogens is 352 g/mol. The number of nitrogens with one attached hydrogen (secondary N) is 1. The van der Waals surface area contributed by atoms with E-state index in [-0.39, 0.29) is 24.3 Å². The Morgan fingerprint density at radius 2 is 1.61 bits per heavy atom. The van der Waals surface area contributed by atoms with Gasteiger partial charge in [0.05, 0.1) is 13.5 Å².